The van der Waals surface area contributed by atoms with Crippen molar-refractivity contribution in [3.05, 3.63) is 55.3 Å². The van der Waals surface area contributed by atoms with Crippen LogP contribution in [0, 0.1) is 0 Å². The van der Waals surface area contributed by atoms with E-state index in [1.807, 2.05) is 0 Å². The Morgan fingerprint density at radius 1 is 1.06 bits per heavy atom. The predicted molar refractivity (Wildman–Crippen MR) is 124 cm³/mol. The lowest BCUT2D eigenvalue weighted by molar-refractivity contribution is -0.166. The molecule has 2 heterocycles. The quantitative estimate of drug-likeness (QED) is 0.323. The van der Waals surface area contributed by atoms with Gasteiger partial charge in [-0.3, -0.25) is 23.7 Å². The Labute approximate surface area is 213 Å². The van der Waals surface area contributed by atoms with Crippen molar-refractivity contribution in [2.75, 3.05) is 13.7 Å². The van der Waals surface area contributed by atoms with Crippen LogP contribution in [-0.2, 0) is 39.9 Å². The summed E-state index contributed by atoms with van der Waals surface area (Å²) in [7, 11) is 1.50. The molecule has 0 saturated carbocycles. The number of esters is 3. The molecule has 2 unspecified atom stereocenters. The van der Waals surface area contributed by atoms with Gasteiger partial charge in [0.15, 0.2) is 18.4 Å². The van der Waals surface area contributed by atoms with E-state index in [0.717, 1.165) is 29.3 Å². The third-order valence-corrected chi connectivity index (χ3v) is 5.74. The van der Waals surface area contributed by atoms with Gasteiger partial charge in [-0.15, -0.1) is 0 Å². The molecule has 1 aromatic heterocycles. The van der Waals surface area contributed by atoms with Crippen LogP contribution in [0.3, 0.4) is 0 Å². The number of hydrogen-bond donors (Lipinski definition) is 0. The van der Waals surface area contributed by atoms with Gasteiger partial charge in [0.2, 0.25) is 0 Å². The predicted octanol–water partition coefficient (Wildman–Crippen LogP) is 0.548. The van der Waals surface area contributed by atoms with Gasteiger partial charge in [-0.1, -0.05) is 6.07 Å². The molecule has 1 aromatic carbocycles. The molecule has 194 valence electrons. The zero-order chi connectivity index (χ0) is 26.6. The Balaban J connectivity index is 2.02. The van der Waals surface area contributed by atoms with Gasteiger partial charge in [0.05, 0.1) is 18.1 Å². The van der Waals surface area contributed by atoms with Crippen molar-refractivity contribution >= 4 is 33.8 Å². The largest absolute Gasteiger partial charge is 0.496 e. The number of ether oxygens (including phenoxy) is 5. The maximum Gasteiger partial charge on any atom is 0.350 e. The third-order valence-electron chi connectivity index (χ3n) is 5.12. The van der Waals surface area contributed by atoms with Crippen LogP contribution in [0.4, 0.5) is 0 Å². The van der Waals surface area contributed by atoms with E-state index in [1.165, 1.54) is 14.0 Å². The molecule has 1 saturated heterocycles. The number of nitrogens with zero attached hydrogens (tertiary/aromatic N) is 3. The normalized spacial score (nSPS) is 21.0. The highest BCUT2D eigenvalue weighted by molar-refractivity contribution is 9.10. The van der Waals surface area contributed by atoms with Gasteiger partial charge in [0, 0.05) is 20.8 Å². The van der Waals surface area contributed by atoms with Crippen LogP contribution >= 0.6 is 15.9 Å². The Morgan fingerprint density at radius 3 is 2.31 bits per heavy atom. The van der Waals surface area contributed by atoms with Crippen molar-refractivity contribution in [2.24, 2.45) is 0 Å². The molecule has 2 aromatic rings. The van der Waals surface area contributed by atoms with Crippen molar-refractivity contribution in [3.8, 4) is 5.75 Å². The van der Waals surface area contributed by atoms with Crippen LogP contribution in [0.2, 0.25) is 0 Å². The third kappa shape index (κ3) is 6.18. The second-order valence-corrected chi connectivity index (χ2v) is 8.64. The standard InChI is InChI=1S/C22H24BrN3O10/c1-11(27)33-10-17-19(34-12(2)28)20(35-13(3)29)21(36-17)26-22(31)25(18(30)8-24-26)9-14-5-6-16(32-4)15(23)7-14/h5-8,17,19-21H,9-10H2,1-4H3/t17-,19-,20?,21?/m1/s1. The first-order valence-corrected chi connectivity index (χ1v) is 11.5. The Bertz CT molecular complexity index is 1270. The molecule has 1 fully saturated rings. The fourth-order valence-electron chi connectivity index (χ4n) is 3.65. The molecule has 0 radical (unpaired) electrons. The lowest BCUT2D eigenvalue weighted by atomic mass is 10.1. The first-order valence-electron chi connectivity index (χ1n) is 10.7. The van der Waals surface area contributed by atoms with Crippen molar-refractivity contribution in [1.29, 1.82) is 0 Å². The number of methoxy groups -OCH3 is 1. The number of benzene rings is 1. The van der Waals surface area contributed by atoms with E-state index in [4.69, 9.17) is 23.7 Å². The van der Waals surface area contributed by atoms with E-state index in [1.54, 1.807) is 18.2 Å². The van der Waals surface area contributed by atoms with Gasteiger partial charge in [0.1, 0.15) is 24.7 Å². The van der Waals surface area contributed by atoms with Crippen LogP contribution in [0.5, 0.6) is 5.75 Å². The highest BCUT2D eigenvalue weighted by atomic mass is 79.9. The Kier molecular flexibility index (Phi) is 8.63. The summed E-state index contributed by atoms with van der Waals surface area (Å²) in [4.78, 5) is 60.8. The number of carbonyl (C=O) groups is 3. The molecule has 1 aliphatic rings. The zero-order valence-corrected chi connectivity index (χ0v) is 21.4. The summed E-state index contributed by atoms with van der Waals surface area (Å²) < 4.78 is 29.0. The molecular weight excluding hydrogens is 546 g/mol. The summed E-state index contributed by atoms with van der Waals surface area (Å²) in [6.45, 7) is 2.97. The summed E-state index contributed by atoms with van der Waals surface area (Å²) >= 11 is 3.36. The fraction of sp³-hybridized carbons (Fsp3) is 0.455. The summed E-state index contributed by atoms with van der Waals surface area (Å²) in [5.74, 6) is -1.52. The summed E-state index contributed by atoms with van der Waals surface area (Å²) in [6.07, 6.45) is -4.10. The minimum atomic E-state index is -1.39. The van der Waals surface area contributed by atoms with E-state index in [2.05, 4.69) is 21.0 Å². The average molecular weight is 570 g/mol. The van der Waals surface area contributed by atoms with Crippen LogP contribution in [0.1, 0.15) is 32.6 Å². The maximum absolute atomic E-state index is 13.3. The highest BCUT2D eigenvalue weighted by Crippen LogP contribution is 2.33. The molecule has 0 amide bonds. The maximum atomic E-state index is 13.3. The zero-order valence-electron chi connectivity index (χ0n) is 19.8. The van der Waals surface area contributed by atoms with Gasteiger partial charge in [-0.25, -0.2) is 4.79 Å². The number of halogens is 1. The minimum absolute atomic E-state index is 0.113. The molecule has 0 bridgehead atoms. The monoisotopic (exact) mass is 569 g/mol. The number of carbonyl (C=O) groups excluding carboxylic acids is 3. The summed E-state index contributed by atoms with van der Waals surface area (Å²) in [5.41, 5.74) is -0.946. The SMILES string of the molecule is COc1ccc(Cn2c(=O)cnn(C3O[C@H](COC(C)=O)[C@@H](OC(C)=O)C3OC(C)=O)c2=O)cc1Br. The molecular formula is C22H24BrN3O10. The van der Waals surface area contributed by atoms with Crippen LogP contribution in [0.25, 0.3) is 0 Å². The second-order valence-electron chi connectivity index (χ2n) is 7.78. The number of hydrogen-bond acceptors (Lipinski definition) is 11. The molecule has 0 N–H and O–H groups in total. The Hall–Kier alpha value is -3.52. The molecule has 1 aliphatic heterocycles. The van der Waals surface area contributed by atoms with Gasteiger partial charge < -0.3 is 23.7 Å². The van der Waals surface area contributed by atoms with Crippen LogP contribution < -0.4 is 16.0 Å². The fourth-order valence-corrected chi connectivity index (χ4v) is 4.24. The van der Waals surface area contributed by atoms with Gasteiger partial charge >= 0.3 is 23.6 Å². The molecule has 36 heavy (non-hydrogen) atoms. The van der Waals surface area contributed by atoms with E-state index >= 15 is 0 Å². The van der Waals surface area contributed by atoms with E-state index in [-0.39, 0.29) is 13.2 Å². The average Bonchev–Trinajstić information content (AvgIpc) is 3.11. The van der Waals surface area contributed by atoms with E-state index in [9.17, 15) is 24.0 Å². The Morgan fingerprint density at radius 2 is 1.72 bits per heavy atom. The molecule has 14 heteroatoms. The number of rotatable bonds is 8. The summed E-state index contributed by atoms with van der Waals surface area (Å²) in [6, 6.07) is 5.04. The van der Waals surface area contributed by atoms with Crippen molar-refractivity contribution in [1.82, 2.24) is 14.3 Å². The van der Waals surface area contributed by atoms with Gasteiger partial charge in [-0.05, 0) is 33.6 Å². The smallest absolute Gasteiger partial charge is 0.350 e. The van der Waals surface area contributed by atoms with Crippen molar-refractivity contribution in [3.63, 3.8) is 0 Å². The topological polar surface area (TPSA) is 154 Å². The molecule has 0 aliphatic carbocycles. The van der Waals surface area contributed by atoms with Gasteiger partial charge in [0.25, 0.3) is 5.56 Å². The highest BCUT2D eigenvalue weighted by Gasteiger charge is 2.51. The summed E-state index contributed by atoms with van der Waals surface area (Å²) in [5, 5.41) is 3.88. The lowest BCUT2D eigenvalue weighted by Gasteiger charge is -2.23. The van der Waals surface area contributed by atoms with Crippen LogP contribution in [0.15, 0.2) is 38.5 Å². The molecule has 3 rings (SSSR count). The minimum Gasteiger partial charge on any atom is -0.496 e. The van der Waals surface area contributed by atoms with E-state index in [0.29, 0.717) is 15.8 Å². The van der Waals surface area contributed by atoms with Crippen LogP contribution in [-0.4, -0.2) is 64.3 Å². The molecule has 4 atom stereocenters. The number of aromatic nitrogens is 3. The lowest BCUT2D eigenvalue weighted by Crippen LogP contribution is -2.46. The van der Waals surface area contributed by atoms with Crippen molar-refractivity contribution in [2.45, 2.75) is 51.9 Å². The van der Waals surface area contributed by atoms with Gasteiger partial charge in [-0.2, -0.15) is 9.78 Å². The second kappa shape index (κ2) is 11.5. The molecule has 13 nitrogen and oxygen atoms in total. The molecule has 0 spiro atoms. The van der Waals surface area contributed by atoms with Crippen molar-refractivity contribution < 1.29 is 38.1 Å². The van der Waals surface area contributed by atoms with E-state index < -0.39 is 53.7 Å². The first-order chi connectivity index (χ1) is 17.0. The first kappa shape index (κ1) is 27.1.